The second-order valence-corrected chi connectivity index (χ2v) is 6.71. The summed E-state index contributed by atoms with van der Waals surface area (Å²) in [5, 5.41) is 7.27. The van der Waals surface area contributed by atoms with E-state index in [1.165, 1.54) is 12.1 Å². The zero-order valence-electron chi connectivity index (χ0n) is 16.4. The summed E-state index contributed by atoms with van der Waals surface area (Å²) >= 11 is 0. The highest BCUT2D eigenvalue weighted by molar-refractivity contribution is 5.96. The van der Waals surface area contributed by atoms with Gasteiger partial charge in [-0.15, -0.1) is 0 Å². The van der Waals surface area contributed by atoms with Crippen molar-refractivity contribution in [2.24, 2.45) is 0 Å². The Morgan fingerprint density at radius 2 is 1.67 bits per heavy atom. The van der Waals surface area contributed by atoms with Crippen LogP contribution in [0.4, 0.5) is 4.39 Å². The lowest BCUT2D eigenvalue weighted by atomic mass is 10.00. The van der Waals surface area contributed by atoms with Gasteiger partial charge in [-0.25, -0.2) is 4.39 Å². The molecule has 30 heavy (non-hydrogen) atoms. The summed E-state index contributed by atoms with van der Waals surface area (Å²) in [6.07, 6.45) is 0. The van der Waals surface area contributed by atoms with Crippen molar-refractivity contribution in [3.8, 4) is 0 Å². The fraction of sp³-hybridized carbons (Fsp3) is 0.174. The third kappa shape index (κ3) is 5.41. The lowest BCUT2D eigenvalue weighted by molar-refractivity contribution is -0.147. The first-order valence-electron chi connectivity index (χ1n) is 9.40. The molecular formula is C23H21FN2O4. The first-order chi connectivity index (χ1) is 14.4. The number of rotatable bonds is 7. The van der Waals surface area contributed by atoms with Crippen molar-refractivity contribution in [2.75, 3.05) is 13.2 Å². The molecule has 154 valence electrons. The number of hydrogen-bond donors (Lipinski definition) is 2. The van der Waals surface area contributed by atoms with Gasteiger partial charge < -0.3 is 15.4 Å². The zero-order valence-corrected chi connectivity index (χ0v) is 16.4. The van der Waals surface area contributed by atoms with Crippen molar-refractivity contribution in [2.45, 2.75) is 13.0 Å². The standard InChI is InChI=1S/C23H21FN2O4/c1-15(19-8-4-6-16-5-2-3-7-20(16)19)26-21(27)14-30-22(28)13-25-23(29)17-9-11-18(24)12-10-17/h2-12,15H,13-14H2,1H3,(H,25,29)(H,26,27)/t15-/m0/s1. The minimum absolute atomic E-state index is 0.214. The first kappa shape index (κ1) is 21.0. The fourth-order valence-corrected chi connectivity index (χ4v) is 3.04. The number of esters is 1. The molecule has 0 saturated carbocycles. The Hall–Kier alpha value is -3.74. The van der Waals surface area contributed by atoms with E-state index in [1.54, 1.807) is 0 Å². The van der Waals surface area contributed by atoms with Gasteiger partial charge in [0.1, 0.15) is 12.4 Å². The van der Waals surface area contributed by atoms with Crippen LogP contribution < -0.4 is 10.6 Å². The van der Waals surface area contributed by atoms with Gasteiger partial charge in [0, 0.05) is 5.56 Å². The van der Waals surface area contributed by atoms with Gasteiger partial charge in [0.05, 0.1) is 6.04 Å². The smallest absolute Gasteiger partial charge is 0.325 e. The van der Waals surface area contributed by atoms with Crippen molar-refractivity contribution < 1.29 is 23.5 Å². The van der Waals surface area contributed by atoms with Crippen LogP contribution in [0.5, 0.6) is 0 Å². The molecule has 2 amide bonds. The minimum atomic E-state index is -0.751. The van der Waals surface area contributed by atoms with Gasteiger partial charge in [0.25, 0.3) is 11.8 Å². The van der Waals surface area contributed by atoms with Crippen molar-refractivity contribution in [3.63, 3.8) is 0 Å². The van der Waals surface area contributed by atoms with Crippen LogP contribution in [0, 0.1) is 5.82 Å². The van der Waals surface area contributed by atoms with E-state index in [2.05, 4.69) is 10.6 Å². The molecule has 2 N–H and O–H groups in total. The SMILES string of the molecule is C[C@H](NC(=O)COC(=O)CNC(=O)c1ccc(F)cc1)c1cccc2ccccc12. The summed E-state index contributed by atoms with van der Waals surface area (Å²) in [6, 6.07) is 18.3. The molecule has 0 radical (unpaired) electrons. The van der Waals surface area contributed by atoms with E-state index >= 15 is 0 Å². The zero-order chi connectivity index (χ0) is 21.5. The van der Waals surface area contributed by atoms with E-state index in [-0.39, 0.29) is 11.6 Å². The van der Waals surface area contributed by atoms with E-state index in [1.807, 2.05) is 49.4 Å². The van der Waals surface area contributed by atoms with Crippen LogP contribution >= 0.6 is 0 Å². The van der Waals surface area contributed by atoms with Gasteiger partial charge in [-0.1, -0.05) is 42.5 Å². The highest BCUT2D eigenvalue weighted by Crippen LogP contribution is 2.23. The third-order valence-corrected chi connectivity index (χ3v) is 4.53. The maximum Gasteiger partial charge on any atom is 0.325 e. The number of halogens is 1. The summed E-state index contributed by atoms with van der Waals surface area (Å²) < 4.78 is 17.8. The Labute approximate surface area is 173 Å². The van der Waals surface area contributed by atoms with Crippen molar-refractivity contribution in [1.82, 2.24) is 10.6 Å². The van der Waals surface area contributed by atoms with Crippen molar-refractivity contribution in [1.29, 1.82) is 0 Å². The first-order valence-corrected chi connectivity index (χ1v) is 9.40. The Morgan fingerprint density at radius 3 is 2.43 bits per heavy atom. The van der Waals surface area contributed by atoms with Crippen LogP contribution in [-0.4, -0.2) is 30.9 Å². The van der Waals surface area contributed by atoms with Crippen LogP contribution in [0.3, 0.4) is 0 Å². The number of hydrogen-bond acceptors (Lipinski definition) is 4. The van der Waals surface area contributed by atoms with Crippen LogP contribution in [0.15, 0.2) is 66.7 Å². The van der Waals surface area contributed by atoms with E-state index in [0.29, 0.717) is 0 Å². The molecule has 0 heterocycles. The highest BCUT2D eigenvalue weighted by Gasteiger charge is 2.14. The number of fused-ring (bicyclic) bond motifs is 1. The highest BCUT2D eigenvalue weighted by atomic mass is 19.1. The molecule has 3 aromatic carbocycles. The number of amides is 2. The lowest BCUT2D eigenvalue weighted by Crippen LogP contribution is -2.34. The molecule has 1 atom stereocenters. The largest absolute Gasteiger partial charge is 0.454 e. The number of carbonyl (C=O) groups excluding carboxylic acids is 3. The van der Waals surface area contributed by atoms with Crippen LogP contribution in [0.25, 0.3) is 10.8 Å². The molecule has 7 heteroatoms. The van der Waals surface area contributed by atoms with Crippen molar-refractivity contribution in [3.05, 3.63) is 83.7 Å². The molecule has 0 bridgehead atoms. The topological polar surface area (TPSA) is 84.5 Å². The van der Waals surface area contributed by atoms with Gasteiger partial charge >= 0.3 is 5.97 Å². The van der Waals surface area contributed by atoms with E-state index in [9.17, 15) is 18.8 Å². The van der Waals surface area contributed by atoms with Gasteiger partial charge in [-0.2, -0.15) is 0 Å². The molecule has 3 aromatic rings. The summed E-state index contributed by atoms with van der Waals surface area (Å²) in [5.41, 5.74) is 1.17. The molecule has 0 fully saturated rings. The number of carbonyl (C=O) groups is 3. The Bertz CT molecular complexity index is 1060. The minimum Gasteiger partial charge on any atom is -0.454 e. The molecule has 0 aromatic heterocycles. The van der Waals surface area contributed by atoms with Gasteiger partial charge in [-0.05, 0) is 47.5 Å². The van der Waals surface area contributed by atoms with Crippen LogP contribution in [0.2, 0.25) is 0 Å². The monoisotopic (exact) mass is 408 g/mol. The van der Waals surface area contributed by atoms with E-state index < -0.39 is 36.8 Å². The lowest BCUT2D eigenvalue weighted by Gasteiger charge is -2.16. The molecule has 3 rings (SSSR count). The molecular weight excluding hydrogens is 387 g/mol. The van der Waals surface area contributed by atoms with Crippen LogP contribution in [-0.2, 0) is 14.3 Å². The number of ether oxygens (including phenoxy) is 1. The number of benzene rings is 3. The molecule has 0 unspecified atom stereocenters. The quantitative estimate of drug-likeness (QED) is 0.589. The fourth-order valence-electron chi connectivity index (χ4n) is 3.04. The summed E-state index contributed by atoms with van der Waals surface area (Å²) in [6.45, 7) is 0.993. The van der Waals surface area contributed by atoms with Gasteiger partial charge in [0.2, 0.25) is 0 Å². The molecule has 0 aliphatic heterocycles. The number of nitrogens with one attached hydrogen (secondary N) is 2. The molecule has 0 saturated heterocycles. The second kappa shape index (κ2) is 9.65. The van der Waals surface area contributed by atoms with Gasteiger partial charge in [0.15, 0.2) is 6.61 Å². The predicted octanol–water partition coefficient (Wildman–Crippen LogP) is 3.13. The van der Waals surface area contributed by atoms with E-state index in [4.69, 9.17) is 4.74 Å². The average molecular weight is 408 g/mol. The molecule has 6 nitrogen and oxygen atoms in total. The summed E-state index contributed by atoms with van der Waals surface area (Å²) in [5.74, 6) is -2.21. The summed E-state index contributed by atoms with van der Waals surface area (Å²) in [4.78, 5) is 35.8. The maximum atomic E-state index is 12.9. The third-order valence-electron chi connectivity index (χ3n) is 4.53. The Morgan fingerprint density at radius 1 is 0.967 bits per heavy atom. The normalized spacial score (nSPS) is 11.5. The molecule has 0 aliphatic carbocycles. The van der Waals surface area contributed by atoms with E-state index in [0.717, 1.165) is 28.5 Å². The van der Waals surface area contributed by atoms with Gasteiger partial charge in [-0.3, -0.25) is 14.4 Å². The maximum absolute atomic E-state index is 12.9. The molecule has 0 spiro atoms. The predicted molar refractivity (Wildman–Crippen MR) is 110 cm³/mol. The molecule has 0 aliphatic rings. The van der Waals surface area contributed by atoms with Crippen molar-refractivity contribution >= 4 is 28.6 Å². The second-order valence-electron chi connectivity index (χ2n) is 6.71. The average Bonchev–Trinajstić information content (AvgIpc) is 2.76. The Balaban J connectivity index is 1.46. The Kier molecular flexibility index (Phi) is 6.75. The summed E-state index contributed by atoms with van der Waals surface area (Å²) in [7, 11) is 0. The van der Waals surface area contributed by atoms with Crippen LogP contribution in [0.1, 0.15) is 28.9 Å².